The van der Waals surface area contributed by atoms with E-state index < -0.39 is 5.97 Å². The Balaban J connectivity index is 2.13. The van der Waals surface area contributed by atoms with E-state index in [1.165, 1.54) is 10.7 Å². The summed E-state index contributed by atoms with van der Waals surface area (Å²) in [4.78, 5) is 15.8. The zero-order valence-electron chi connectivity index (χ0n) is 8.87. The van der Waals surface area contributed by atoms with Crippen molar-refractivity contribution in [1.82, 2.24) is 14.6 Å². The molecular formula is C11H6BrN3O2S. The van der Waals surface area contributed by atoms with Crippen LogP contribution >= 0.6 is 27.3 Å². The Morgan fingerprint density at radius 2 is 2.28 bits per heavy atom. The quantitative estimate of drug-likeness (QED) is 0.787. The second kappa shape index (κ2) is 4.18. The highest BCUT2D eigenvalue weighted by Crippen LogP contribution is 2.28. The molecule has 0 aliphatic heterocycles. The molecule has 0 aromatic carbocycles. The van der Waals surface area contributed by atoms with E-state index in [0.717, 1.165) is 15.0 Å². The Hall–Kier alpha value is -1.73. The third-order valence-corrected chi connectivity index (χ3v) is 4.07. The highest BCUT2D eigenvalue weighted by atomic mass is 79.9. The van der Waals surface area contributed by atoms with Crippen LogP contribution in [0.2, 0.25) is 0 Å². The van der Waals surface area contributed by atoms with Crippen LogP contribution in [0, 0.1) is 0 Å². The van der Waals surface area contributed by atoms with E-state index in [2.05, 4.69) is 26.0 Å². The number of imidazole rings is 1. The lowest BCUT2D eigenvalue weighted by Crippen LogP contribution is -1.95. The Bertz CT molecular complexity index is 750. The Labute approximate surface area is 114 Å². The fourth-order valence-corrected chi connectivity index (χ4v) is 2.96. The lowest BCUT2D eigenvalue weighted by molar-refractivity contribution is 0.0691. The molecule has 0 saturated heterocycles. The maximum absolute atomic E-state index is 10.8. The predicted molar refractivity (Wildman–Crippen MR) is 71.0 cm³/mol. The van der Waals surface area contributed by atoms with Crippen molar-refractivity contribution in [3.63, 3.8) is 0 Å². The molecule has 0 saturated carbocycles. The molecule has 0 spiro atoms. The summed E-state index contributed by atoms with van der Waals surface area (Å²) in [6, 6.07) is 5.54. The van der Waals surface area contributed by atoms with Crippen molar-refractivity contribution in [2.24, 2.45) is 0 Å². The molecule has 1 N–H and O–H groups in total. The summed E-state index contributed by atoms with van der Waals surface area (Å²) in [5.41, 5.74) is 1.30. The van der Waals surface area contributed by atoms with E-state index in [4.69, 9.17) is 5.11 Å². The van der Waals surface area contributed by atoms with Gasteiger partial charge in [-0.15, -0.1) is 11.3 Å². The van der Waals surface area contributed by atoms with Gasteiger partial charge in [0.1, 0.15) is 5.69 Å². The molecule has 3 rings (SSSR count). The van der Waals surface area contributed by atoms with Crippen molar-refractivity contribution < 1.29 is 9.90 Å². The predicted octanol–water partition coefficient (Wildman–Crippen LogP) is 2.92. The molecule has 5 nitrogen and oxygen atoms in total. The first-order valence-corrected chi connectivity index (χ1v) is 6.65. The molecule has 0 unspecified atom stereocenters. The zero-order valence-corrected chi connectivity index (χ0v) is 11.3. The van der Waals surface area contributed by atoms with Gasteiger partial charge >= 0.3 is 5.97 Å². The van der Waals surface area contributed by atoms with Crippen molar-refractivity contribution in [3.8, 4) is 10.6 Å². The Kier molecular flexibility index (Phi) is 2.64. The van der Waals surface area contributed by atoms with Crippen LogP contribution in [0.1, 0.15) is 10.5 Å². The number of thiophene rings is 1. The topological polar surface area (TPSA) is 67.5 Å². The monoisotopic (exact) mass is 323 g/mol. The lowest BCUT2D eigenvalue weighted by atomic mass is 10.3. The molecule has 90 valence electrons. The van der Waals surface area contributed by atoms with E-state index in [9.17, 15) is 4.79 Å². The van der Waals surface area contributed by atoms with Gasteiger partial charge in [0, 0.05) is 9.85 Å². The Morgan fingerprint density at radius 1 is 1.44 bits per heavy atom. The number of carboxylic acids is 1. The summed E-state index contributed by atoms with van der Waals surface area (Å²) in [5.74, 6) is -1.05. The van der Waals surface area contributed by atoms with E-state index >= 15 is 0 Å². The van der Waals surface area contributed by atoms with E-state index in [1.807, 2.05) is 17.5 Å². The second-order valence-corrected chi connectivity index (χ2v) is 5.41. The van der Waals surface area contributed by atoms with Crippen molar-refractivity contribution >= 4 is 38.9 Å². The van der Waals surface area contributed by atoms with Crippen LogP contribution in [0.25, 0.3) is 16.2 Å². The summed E-state index contributed by atoms with van der Waals surface area (Å²) in [6.45, 7) is 0. The van der Waals surface area contributed by atoms with E-state index in [-0.39, 0.29) is 5.69 Å². The van der Waals surface area contributed by atoms with Gasteiger partial charge in [-0.25, -0.2) is 14.3 Å². The maximum Gasteiger partial charge on any atom is 0.356 e. The molecule has 3 aromatic rings. The fraction of sp³-hybridized carbons (Fsp3) is 0. The molecule has 0 bridgehead atoms. The van der Waals surface area contributed by atoms with Crippen LogP contribution in [-0.2, 0) is 0 Å². The standard InChI is InChI=1S/C11H6BrN3O2S/c12-6-3-9(18-5-6)7-1-2-10-13-8(11(16)17)4-15(10)14-7/h1-5H,(H,16,17). The second-order valence-electron chi connectivity index (χ2n) is 3.58. The lowest BCUT2D eigenvalue weighted by Gasteiger charge is -1.97. The highest BCUT2D eigenvalue weighted by molar-refractivity contribution is 9.10. The van der Waals surface area contributed by atoms with Crippen LogP contribution in [0.3, 0.4) is 0 Å². The highest BCUT2D eigenvalue weighted by Gasteiger charge is 2.10. The molecule has 0 fully saturated rings. The molecular weight excluding hydrogens is 318 g/mol. The smallest absolute Gasteiger partial charge is 0.356 e. The fourth-order valence-electron chi connectivity index (χ4n) is 1.56. The summed E-state index contributed by atoms with van der Waals surface area (Å²) < 4.78 is 2.48. The van der Waals surface area contributed by atoms with Crippen molar-refractivity contribution in [2.45, 2.75) is 0 Å². The molecule has 3 heterocycles. The van der Waals surface area contributed by atoms with Crippen LogP contribution in [0.4, 0.5) is 0 Å². The summed E-state index contributed by atoms with van der Waals surface area (Å²) >= 11 is 4.95. The van der Waals surface area contributed by atoms with Crippen LogP contribution in [0.5, 0.6) is 0 Å². The third-order valence-electron chi connectivity index (χ3n) is 2.36. The van der Waals surface area contributed by atoms with Gasteiger partial charge in [-0.1, -0.05) is 0 Å². The molecule has 0 amide bonds. The van der Waals surface area contributed by atoms with E-state index in [0.29, 0.717) is 5.65 Å². The molecule has 0 radical (unpaired) electrons. The van der Waals surface area contributed by atoms with Crippen LogP contribution < -0.4 is 0 Å². The first kappa shape index (κ1) is 11.4. The number of fused-ring (bicyclic) bond motifs is 1. The molecule has 18 heavy (non-hydrogen) atoms. The number of hydrogen-bond acceptors (Lipinski definition) is 4. The van der Waals surface area contributed by atoms with Gasteiger partial charge < -0.3 is 5.11 Å². The van der Waals surface area contributed by atoms with Gasteiger partial charge in [0.25, 0.3) is 0 Å². The van der Waals surface area contributed by atoms with Gasteiger partial charge in [-0.2, -0.15) is 5.10 Å². The number of aromatic nitrogens is 3. The molecule has 3 aromatic heterocycles. The van der Waals surface area contributed by atoms with Crippen molar-refractivity contribution in [3.05, 3.63) is 39.9 Å². The van der Waals surface area contributed by atoms with Crippen molar-refractivity contribution in [2.75, 3.05) is 0 Å². The minimum Gasteiger partial charge on any atom is -0.476 e. The molecule has 0 atom stereocenters. The minimum atomic E-state index is -1.05. The number of hydrogen-bond donors (Lipinski definition) is 1. The van der Waals surface area contributed by atoms with Crippen LogP contribution in [-0.4, -0.2) is 25.7 Å². The first-order chi connectivity index (χ1) is 8.63. The Morgan fingerprint density at radius 3 is 2.94 bits per heavy atom. The third kappa shape index (κ3) is 1.91. The minimum absolute atomic E-state index is 0.00740. The van der Waals surface area contributed by atoms with Crippen molar-refractivity contribution in [1.29, 1.82) is 0 Å². The first-order valence-electron chi connectivity index (χ1n) is 4.97. The van der Waals surface area contributed by atoms with Gasteiger partial charge in [0.15, 0.2) is 11.3 Å². The number of aromatic carboxylic acids is 1. The van der Waals surface area contributed by atoms with Gasteiger partial charge in [0.2, 0.25) is 0 Å². The summed E-state index contributed by atoms with van der Waals surface area (Å²) in [7, 11) is 0. The number of rotatable bonds is 2. The van der Waals surface area contributed by atoms with Gasteiger partial charge in [-0.3, -0.25) is 0 Å². The van der Waals surface area contributed by atoms with Gasteiger partial charge in [0.05, 0.1) is 11.1 Å². The average molecular weight is 324 g/mol. The number of nitrogens with zero attached hydrogens (tertiary/aromatic N) is 3. The number of carbonyl (C=O) groups is 1. The SMILES string of the molecule is O=C(O)c1cn2nc(-c3cc(Br)cs3)ccc2n1. The number of carboxylic acid groups (broad SMARTS) is 1. The summed E-state index contributed by atoms with van der Waals surface area (Å²) in [6.07, 6.45) is 1.41. The molecule has 7 heteroatoms. The molecule has 0 aliphatic carbocycles. The van der Waals surface area contributed by atoms with Gasteiger partial charge in [-0.05, 0) is 34.1 Å². The van der Waals surface area contributed by atoms with Crippen LogP contribution in [0.15, 0.2) is 34.2 Å². The van der Waals surface area contributed by atoms with E-state index in [1.54, 1.807) is 17.4 Å². The number of halogens is 1. The molecule has 0 aliphatic rings. The summed E-state index contributed by atoms with van der Waals surface area (Å²) in [5, 5.41) is 15.2. The largest absolute Gasteiger partial charge is 0.476 e. The average Bonchev–Trinajstić information content (AvgIpc) is 2.93. The maximum atomic E-state index is 10.8. The zero-order chi connectivity index (χ0) is 12.7. The normalized spacial score (nSPS) is 10.9.